The molecule has 1 fully saturated rings. The summed E-state index contributed by atoms with van der Waals surface area (Å²) in [5.74, 6) is 0. The first-order valence-corrected chi connectivity index (χ1v) is 12.8. The first-order chi connectivity index (χ1) is 12.8. The fraction of sp³-hybridized carbons (Fsp3) is 0.360. The summed E-state index contributed by atoms with van der Waals surface area (Å²) in [5, 5.41) is 3.22. The van der Waals surface area contributed by atoms with Crippen LogP contribution in [0.25, 0.3) is 0 Å². The van der Waals surface area contributed by atoms with Gasteiger partial charge < -0.3 is 37.2 Å². The Hall–Kier alpha value is -0.279. The van der Waals surface area contributed by atoms with Crippen molar-refractivity contribution in [3.05, 3.63) is 89.1 Å². The van der Waals surface area contributed by atoms with Gasteiger partial charge >= 0.3 is 21.7 Å². The largest absolute Gasteiger partial charge is 4.00 e. The third kappa shape index (κ3) is 6.38. The third-order valence-electron chi connectivity index (χ3n) is 6.50. The van der Waals surface area contributed by atoms with Crippen LogP contribution in [0.4, 0.5) is 0 Å². The van der Waals surface area contributed by atoms with Crippen LogP contribution in [0.3, 0.4) is 0 Å². The quantitative estimate of drug-likeness (QED) is 0.300. The fourth-order valence-electron chi connectivity index (χ4n) is 5.03. The summed E-state index contributed by atoms with van der Waals surface area (Å²) in [6.45, 7) is 2.63. The van der Waals surface area contributed by atoms with E-state index >= 15 is 0 Å². The summed E-state index contributed by atoms with van der Waals surface area (Å²) in [4.78, 5) is 0. The van der Waals surface area contributed by atoms with Crippen LogP contribution in [-0.4, -0.2) is 8.07 Å². The minimum atomic E-state index is -1.77. The number of rotatable bonds is 5. The topological polar surface area (TPSA) is 0 Å². The predicted molar refractivity (Wildman–Crippen MR) is 114 cm³/mol. The Kier molecular flexibility index (Phi) is 13.9. The molecule has 30 heavy (non-hydrogen) atoms. The zero-order valence-corrected chi connectivity index (χ0v) is 22.3. The minimum absolute atomic E-state index is 0. The SMILES string of the molecule is C[Si](C1=[C-]CC=C1Cc1ccccc1)(c1ccccc1)C1CCCCC1.[Cl-].[Cl-].[Cl-].[Ti+4]. The summed E-state index contributed by atoms with van der Waals surface area (Å²) in [5.41, 5.74) is 3.84. The molecule has 2 aliphatic rings. The molecule has 0 bridgehead atoms. The molecule has 1 saturated carbocycles. The van der Waals surface area contributed by atoms with Crippen molar-refractivity contribution in [3.8, 4) is 0 Å². The Labute approximate surface area is 217 Å². The molecule has 4 rings (SSSR count). The summed E-state index contributed by atoms with van der Waals surface area (Å²) in [6.07, 6.45) is 15.4. The minimum Gasteiger partial charge on any atom is -1.00 e. The molecule has 2 aromatic rings. The maximum absolute atomic E-state index is 3.85. The van der Waals surface area contributed by atoms with Gasteiger partial charge in [-0.05, 0) is 5.54 Å². The molecule has 1 unspecified atom stereocenters. The van der Waals surface area contributed by atoms with Gasteiger partial charge in [-0.2, -0.15) is 11.6 Å². The predicted octanol–water partition coefficient (Wildman–Crippen LogP) is -2.84. The number of hydrogen-bond donors (Lipinski definition) is 0. The van der Waals surface area contributed by atoms with Crippen LogP contribution in [0.2, 0.25) is 12.1 Å². The summed E-state index contributed by atoms with van der Waals surface area (Å²) >= 11 is 0. The van der Waals surface area contributed by atoms with Gasteiger partial charge in [-0.3, -0.25) is 6.08 Å². The van der Waals surface area contributed by atoms with Crippen LogP contribution < -0.4 is 42.4 Å². The summed E-state index contributed by atoms with van der Waals surface area (Å²) in [6, 6.07) is 22.4. The van der Waals surface area contributed by atoms with Gasteiger partial charge in [0.15, 0.2) is 0 Å². The number of allylic oxidation sites excluding steroid dienone is 4. The molecule has 0 radical (unpaired) electrons. The Balaban J connectivity index is 0.00000210. The summed E-state index contributed by atoms with van der Waals surface area (Å²) in [7, 11) is -1.77. The van der Waals surface area contributed by atoms with E-state index in [0.29, 0.717) is 0 Å². The molecular formula is C25H29Cl3SiTi. The number of hydrogen-bond acceptors (Lipinski definition) is 0. The van der Waals surface area contributed by atoms with E-state index in [-0.39, 0.29) is 58.9 Å². The molecule has 0 nitrogen and oxygen atoms in total. The van der Waals surface area contributed by atoms with Crippen LogP contribution in [-0.2, 0) is 28.1 Å². The van der Waals surface area contributed by atoms with Crippen molar-refractivity contribution < 1.29 is 58.9 Å². The molecule has 158 valence electrons. The van der Waals surface area contributed by atoms with Gasteiger partial charge in [0.1, 0.15) is 0 Å². The number of benzene rings is 2. The molecule has 0 aromatic heterocycles. The van der Waals surface area contributed by atoms with Gasteiger partial charge in [-0.25, -0.2) is 5.20 Å². The van der Waals surface area contributed by atoms with Crippen molar-refractivity contribution in [3.63, 3.8) is 0 Å². The van der Waals surface area contributed by atoms with Gasteiger partial charge in [-0.1, -0.05) is 116 Å². The van der Waals surface area contributed by atoms with Crippen LogP contribution in [0.1, 0.15) is 44.1 Å². The Morgan fingerprint density at radius 1 is 0.833 bits per heavy atom. The first kappa shape index (κ1) is 29.7. The monoisotopic (exact) mass is 510 g/mol. The average Bonchev–Trinajstić information content (AvgIpc) is 3.18. The second kappa shape index (κ2) is 14.0. The van der Waals surface area contributed by atoms with E-state index in [1.807, 2.05) is 0 Å². The molecule has 0 aliphatic heterocycles. The molecule has 0 amide bonds. The van der Waals surface area contributed by atoms with Gasteiger partial charge in [0, 0.05) is 0 Å². The normalized spacial score (nSPS) is 17.6. The van der Waals surface area contributed by atoms with Crippen molar-refractivity contribution in [1.82, 2.24) is 0 Å². The standard InChI is InChI=1S/C25H29Si.3ClH.Ti/c1-26(23-15-7-3-8-16-23,24-17-9-4-10-18-24)25-19-11-14-22(25)20-21-12-5-2-6-13-21;;;;/h2-3,5-8,12-16,24H,4,9-11,17-18,20H2,1H3;3*1H;/q-1;;;;+4/p-3. The van der Waals surface area contributed by atoms with Gasteiger partial charge in [0.25, 0.3) is 0 Å². The molecular weight excluding hydrogens is 483 g/mol. The maximum atomic E-state index is 3.85. The van der Waals surface area contributed by atoms with E-state index in [0.717, 1.165) is 18.4 Å². The number of halogens is 3. The van der Waals surface area contributed by atoms with Crippen molar-refractivity contribution >= 4 is 13.3 Å². The van der Waals surface area contributed by atoms with Crippen LogP contribution >= 0.6 is 0 Å². The molecule has 0 heterocycles. The fourth-order valence-corrected chi connectivity index (χ4v) is 9.98. The zero-order chi connectivity index (χ0) is 17.8. The van der Waals surface area contributed by atoms with E-state index in [2.05, 4.69) is 79.4 Å². The van der Waals surface area contributed by atoms with Gasteiger partial charge in [0.2, 0.25) is 0 Å². The molecule has 0 spiro atoms. The molecule has 0 saturated heterocycles. The van der Waals surface area contributed by atoms with Crippen molar-refractivity contribution in [1.29, 1.82) is 0 Å². The zero-order valence-electron chi connectivity index (χ0n) is 17.5. The Morgan fingerprint density at radius 2 is 1.40 bits per heavy atom. The van der Waals surface area contributed by atoms with Crippen molar-refractivity contribution in [2.75, 3.05) is 0 Å². The Bertz CT molecular complexity index is 802. The summed E-state index contributed by atoms with van der Waals surface area (Å²) < 4.78 is 0. The maximum Gasteiger partial charge on any atom is 4.00 e. The molecule has 5 heteroatoms. The third-order valence-corrected chi connectivity index (χ3v) is 11.8. The van der Waals surface area contributed by atoms with E-state index in [9.17, 15) is 0 Å². The first-order valence-electron chi connectivity index (χ1n) is 10.2. The van der Waals surface area contributed by atoms with Crippen LogP contribution in [0, 0.1) is 6.08 Å². The molecule has 1 atom stereocenters. The Morgan fingerprint density at radius 3 is 2.00 bits per heavy atom. The smallest absolute Gasteiger partial charge is 1.00 e. The molecule has 0 N–H and O–H groups in total. The van der Waals surface area contributed by atoms with Gasteiger partial charge in [-0.15, -0.1) is 6.42 Å². The molecule has 2 aliphatic carbocycles. The van der Waals surface area contributed by atoms with Crippen LogP contribution in [0.5, 0.6) is 0 Å². The van der Waals surface area contributed by atoms with Crippen LogP contribution in [0.15, 0.2) is 77.5 Å². The average molecular weight is 512 g/mol. The molecule has 2 aromatic carbocycles. The van der Waals surface area contributed by atoms with E-state index in [1.165, 1.54) is 37.7 Å². The van der Waals surface area contributed by atoms with Gasteiger partial charge in [0.05, 0.1) is 8.07 Å². The van der Waals surface area contributed by atoms with E-state index in [4.69, 9.17) is 0 Å². The second-order valence-electron chi connectivity index (χ2n) is 8.05. The van der Waals surface area contributed by atoms with Crippen molar-refractivity contribution in [2.45, 2.75) is 57.0 Å². The van der Waals surface area contributed by atoms with E-state index in [1.54, 1.807) is 16.0 Å². The van der Waals surface area contributed by atoms with E-state index < -0.39 is 8.07 Å². The second-order valence-corrected chi connectivity index (χ2v) is 12.3. The van der Waals surface area contributed by atoms with Crippen molar-refractivity contribution in [2.24, 2.45) is 0 Å².